The summed E-state index contributed by atoms with van der Waals surface area (Å²) in [6.45, 7) is 1.78. The molecule has 0 bridgehead atoms. The highest BCUT2D eigenvalue weighted by Gasteiger charge is 2.24. The number of benzene rings is 1. The van der Waals surface area contributed by atoms with Crippen molar-refractivity contribution in [1.29, 1.82) is 0 Å². The second-order valence-electron chi connectivity index (χ2n) is 4.65. The zero-order valence-electron chi connectivity index (χ0n) is 12.2. The van der Waals surface area contributed by atoms with E-state index in [-0.39, 0.29) is 23.0 Å². The molecule has 2 atom stereocenters. The van der Waals surface area contributed by atoms with Crippen LogP contribution >= 0.6 is 0 Å². The van der Waals surface area contributed by atoms with Gasteiger partial charge < -0.3 is 10.6 Å². The van der Waals surface area contributed by atoms with Gasteiger partial charge in [0, 0.05) is 35.9 Å². The summed E-state index contributed by atoms with van der Waals surface area (Å²) in [7, 11) is 0.627. The van der Waals surface area contributed by atoms with E-state index < -0.39 is 21.6 Å². The first-order valence-electron chi connectivity index (χ1n) is 6.42. The second kappa shape index (κ2) is 7.72. The molecule has 0 heterocycles. The average Bonchev–Trinajstić information content (AvgIpc) is 2.43. The van der Waals surface area contributed by atoms with Gasteiger partial charge in [0.15, 0.2) is 0 Å². The first-order valence-corrected chi connectivity index (χ1v) is 8.15. The van der Waals surface area contributed by atoms with Crippen LogP contribution in [-0.4, -0.2) is 40.1 Å². The molecule has 21 heavy (non-hydrogen) atoms. The summed E-state index contributed by atoms with van der Waals surface area (Å²) in [4.78, 5) is 22.7. The topological polar surface area (TPSA) is 101 Å². The van der Waals surface area contributed by atoms with Crippen LogP contribution in [0.3, 0.4) is 0 Å². The van der Waals surface area contributed by atoms with E-state index in [4.69, 9.17) is 0 Å². The van der Waals surface area contributed by atoms with Crippen LogP contribution in [0, 0.1) is 10.1 Å². The Labute approximate surface area is 125 Å². The fourth-order valence-corrected chi connectivity index (χ4v) is 2.53. The normalized spacial score (nSPS) is 13.3. The molecule has 1 rings (SSSR count). The number of carbonyl (C=O) groups excluding carboxylic acids is 1. The lowest BCUT2D eigenvalue weighted by molar-refractivity contribution is -0.384. The van der Waals surface area contributed by atoms with E-state index in [1.54, 1.807) is 32.4 Å². The molecule has 2 N–H and O–H groups in total. The van der Waals surface area contributed by atoms with Crippen LogP contribution in [0.1, 0.15) is 23.7 Å². The van der Waals surface area contributed by atoms with Crippen LogP contribution in [0.2, 0.25) is 0 Å². The number of amides is 1. The molecule has 2 unspecified atom stereocenters. The molecule has 0 aliphatic heterocycles. The smallest absolute Gasteiger partial charge is 0.305 e. The van der Waals surface area contributed by atoms with E-state index in [9.17, 15) is 19.1 Å². The highest BCUT2D eigenvalue weighted by atomic mass is 32.2. The predicted octanol–water partition coefficient (Wildman–Crippen LogP) is 1.52. The van der Waals surface area contributed by atoms with Crippen LogP contribution < -0.4 is 10.6 Å². The Morgan fingerprint density at radius 3 is 2.67 bits per heavy atom. The summed E-state index contributed by atoms with van der Waals surface area (Å²) in [5.74, 6) is -0.0340. The number of para-hydroxylation sites is 1. The van der Waals surface area contributed by atoms with Crippen molar-refractivity contribution in [3.63, 3.8) is 0 Å². The molecular formula is C13H19N3O4S. The summed E-state index contributed by atoms with van der Waals surface area (Å²) in [5, 5.41) is 16.5. The number of hydrogen-bond acceptors (Lipinski definition) is 5. The van der Waals surface area contributed by atoms with E-state index in [0.717, 1.165) is 0 Å². The summed E-state index contributed by atoms with van der Waals surface area (Å²) in [6, 6.07) is 4.33. The lowest BCUT2D eigenvalue weighted by atomic mass is 10.1. The summed E-state index contributed by atoms with van der Waals surface area (Å²) in [5.41, 5.74) is 0.0510. The second-order valence-corrected chi connectivity index (χ2v) is 6.20. The Hall–Kier alpha value is -1.96. The van der Waals surface area contributed by atoms with Crippen molar-refractivity contribution in [2.75, 3.05) is 24.4 Å². The van der Waals surface area contributed by atoms with Crippen LogP contribution in [0.5, 0.6) is 0 Å². The zero-order chi connectivity index (χ0) is 16.0. The molecule has 1 aromatic carbocycles. The molecule has 0 fully saturated rings. The highest BCUT2D eigenvalue weighted by molar-refractivity contribution is 7.84. The van der Waals surface area contributed by atoms with Crippen molar-refractivity contribution >= 4 is 28.1 Å². The molecule has 1 aromatic rings. The number of nitro benzene ring substituents is 1. The molecular weight excluding hydrogens is 294 g/mol. The number of nitro groups is 1. The van der Waals surface area contributed by atoms with Gasteiger partial charge in [0.2, 0.25) is 0 Å². The number of hydrogen-bond donors (Lipinski definition) is 2. The Morgan fingerprint density at radius 2 is 2.14 bits per heavy atom. The minimum atomic E-state index is -0.932. The van der Waals surface area contributed by atoms with E-state index in [0.29, 0.717) is 12.2 Å². The molecule has 0 saturated heterocycles. The van der Waals surface area contributed by atoms with Gasteiger partial charge in [-0.05, 0) is 25.5 Å². The Kier molecular flexibility index (Phi) is 6.29. The molecule has 0 aromatic heterocycles. The molecule has 0 aliphatic carbocycles. The third kappa shape index (κ3) is 4.82. The Balaban J connectivity index is 2.92. The molecule has 0 spiro atoms. The lowest BCUT2D eigenvalue weighted by Gasteiger charge is -2.14. The van der Waals surface area contributed by atoms with Gasteiger partial charge in [-0.3, -0.25) is 19.1 Å². The predicted molar refractivity (Wildman–Crippen MR) is 83.1 cm³/mol. The number of anilines is 1. The standard InChI is InChI=1S/C13H19N3O4S/c1-9(7-8-21(3)20)15-13(17)10-5-4-6-11(14-2)12(10)16(18)19/h4-6,9,14H,7-8H2,1-3H3,(H,15,17). The minimum absolute atomic E-state index is 0.0105. The van der Waals surface area contributed by atoms with Crippen molar-refractivity contribution in [2.45, 2.75) is 19.4 Å². The van der Waals surface area contributed by atoms with Gasteiger partial charge in [-0.25, -0.2) is 0 Å². The number of nitrogens with zero attached hydrogens (tertiary/aromatic N) is 1. The molecule has 116 valence electrons. The van der Waals surface area contributed by atoms with Crippen LogP contribution in [0.4, 0.5) is 11.4 Å². The largest absolute Gasteiger partial charge is 0.383 e. The van der Waals surface area contributed by atoms with E-state index in [2.05, 4.69) is 10.6 Å². The van der Waals surface area contributed by atoms with Crippen LogP contribution in [-0.2, 0) is 10.8 Å². The summed E-state index contributed by atoms with van der Waals surface area (Å²) < 4.78 is 11.0. The monoisotopic (exact) mass is 313 g/mol. The van der Waals surface area contributed by atoms with Gasteiger partial charge in [-0.15, -0.1) is 0 Å². The maximum absolute atomic E-state index is 12.2. The molecule has 0 aliphatic rings. The number of carbonyl (C=O) groups is 1. The first-order chi connectivity index (χ1) is 9.86. The van der Waals surface area contributed by atoms with E-state index >= 15 is 0 Å². The van der Waals surface area contributed by atoms with Gasteiger partial charge in [0.05, 0.1) is 4.92 Å². The van der Waals surface area contributed by atoms with Gasteiger partial charge >= 0.3 is 5.69 Å². The number of nitrogens with one attached hydrogen (secondary N) is 2. The first kappa shape index (κ1) is 17.1. The Bertz CT molecular complexity index is 562. The summed E-state index contributed by atoms with van der Waals surface area (Å²) >= 11 is 0. The fourth-order valence-electron chi connectivity index (χ4n) is 1.84. The van der Waals surface area contributed by atoms with Crippen LogP contribution in [0.25, 0.3) is 0 Å². The van der Waals surface area contributed by atoms with Gasteiger partial charge in [-0.2, -0.15) is 0 Å². The van der Waals surface area contributed by atoms with E-state index in [1.165, 1.54) is 6.07 Å². The third-order valence-corrected chi connectivity index (χ3v) is 3.76. The maximum atomic E-state index is 12.2. The zero-order valence-corrected chi connectivity index (χ0v) is 13.0. The van der Waals surface area contributed by atoms with Crippen molar-refractivity contribution in [2.24, 2.45) is 0 Å². The van der Waals surface area contributed by atoms with Gasteiger partial charge in [-0.1, -0.05) is 6.07 Å². The van der Waals surface area contributed by atoms with Crippen molar-refractivity contribution in [1.82, 2.24) is 5.32 Å². The summed E-state index contributed by atoms with van der Waals surface area (Å²) in [6.07, 6.45) is 2.14. The van der Waals surface area contributed by atoms with Crippen molar-refractivity contribution in [3.8, 4) is 0 Å². The average molecular weight is 313 g/mol. The van der Waals surface area contributed by atoms with Crippen LogP contribution in [0.15, 0.2) is 18.2 Å². The molecule has 7 nitrogen and oxygen atoms in total. The van der Waals surface area contributed by atoms with Gasteiger partial charge in [0.25, 0.3) is 5.91 Å². The Morgan fingerprint density at radius 1 is 1.48 bits per heavy atom. The van der Waals surface area contributed by atoms with Gasteiger partial charge in [0.1, 0.15) is 11.3 Å². The minimum Gasteiger partial charge on any atom is -0.383 e. The third-order valence-electron chi connectivity index (χ3n) is 2.95. The molecule has 1 amide bonds. The molecule has 0 saturated carbocycles. The number of rotatable bonds is 7. The maximum Gasteiger partial charge on any atom is 0.305 e. The molecule has 0 radical (unpaired) electrons. The highest BCUT2D eigenvalue weighted by Crippen LogP contribution is 2.28. The van der Waals surface area contributed by atoms with E-state index in [1.807, 2.05) is 0 Å². The van der Waals surface area contributed by atoms with Crippen molar-refractivity contribution < 1.29 is 13.9 Å². The fraction of sp³-hybridized carbons (Fsp3) is 0.462. The SMILES string of the molecule is CNc1cccc(C(=O)NC(C)CCS(C)=O)c1[N+](=O)[O-]. The molecule has 8 heteroatoms. The quantitative estimate of drug-likeness (QED) is 0.587. The van der Waals surface area contributed by atoms with Crippen molar-refractivity contribution in [3.05, 3.63) is 33.9 Å². The lowest BCUT2D eigenvalue weighted by Crippen LogP contribution is -2.34.